The van der Waals surface area contributed by atoms with Gasteiger partial charge in [-0.05, 0) is 65.7 Å². The topological polar surface area (TPSA) is 79.2 Å². The number of anilines is 1. The van der Waals surface area contributed by atoms with Gasteiger partial charge < -0.3 is 24.6 Å². The van der Waals surface area contributed by atoms with Crippen LogP contribution in [0.1, 0.15) is 175 Å². The van der Waals surface area contributed by atoms with Gasteiger partial charge in [0.15, 0.2) is 11.5 Å². The van der Waals surface area contributed by atoms with Crippen LogP contribution in [-0.2, 0) is 22.0 Å². The van der Waals surface area contributed by atoms with E-state index in [4.69, 9.17) is 9.47 Å². The molecule has 6 nitrogen and oxygen atoms in total. The lowest BCUT2D eigenvalue weighted by molar-refractivity contribution is -0.114. The fourth-order valence-electron chi connectivity index (χ4n) is 6.48. The van der Waals surface area contributed by atoms with Crippen LogP contribution in [0.15, 0.2) is 36.9 Å². The maximum Gasteiger partial charge on any atom is 0.250 e. The minimum atomic E-state index is -0.202. The van der Waals surface area contributed by atoms with E-state index in [0.717, 1.165) is 56.1 Å². The molecule has 0 heterocycles. The van der Waals surface area contributed by atoms with Crippen molar-refractivity contribution < 1.29 is 24.5 Å². The molecule has 0 bridgehead atoms. The number of phenols is 2. The third-order valence-corrected chi connectivity index (χ3v) is 9.67. The first kappa shape index (κ1) is 44.0. The zero-order chi connectivity index (χ0) is 37.9. The highest BCUT2D eigenvalue weighted by atomic mass is 16.5. The van der Waals surface area contributed by atoms with Gasteiger partial charge in [0.25, 0.3) is 0 Å². The Morgan fingerprint density at radius 3 is 1.49 bits per heavy atom. The first-order valence-corrected chi connectivity index (χ1v) is 20.2. The third-order valence-electron chi connectivity index (χ3n) is 9.67. The van der Waals surface area contributed by atoms with Crippen LogP contribution in [0.5, 0.6) is 23.0 Å². The van der Waals surface area contributed by atoms with Crippen molar-refractivity contribution in [3.8, 4) is 23.0 Å². The normalized spacial score (nSPS) is 11.8. The Morgan fingerprint density at radius 2 is 1.08 bits per heavy atom. The van der Waals surface area contributed by atoms with Crippen molar-refractivity contribution in [2.75, 3.05) is 24.7 Å². The van der Waals surface area contributed by atoms with Crippen molar-refractivity contribution in [1.29, 1.82) is 0 Å². The summed E-state index contributed by atoms with van der Waals surface area (Å²) in [5, 5.41) is 22.4. The van der Waals surface area contributed by atoms with E-state index in [-0.39, 0.29) is 22.5 Å². The maximum atomic E-state index is 13.3. The van der Waals surface area contributed by atoms with Crippen molar-refractivity contribution in [2.24, 2.45) is 0 Å². The predicted octanol–water partition coefficient (Wildman–Crippen LogP) is 12.5. The largest absolute Gasteiger partial charge is 0.507 e. The summed E-state index contributed by atoms with van der Waals surface area (Å²) in [5.41, 5.74) is 3.38. The average Bonchev–Trinajstić information content (AvgIpc) is 3.07. The first-order chi connectivity index (χ1) is 24.2. The molecule has 51 heavy (non-hydrogen) atoms. The molecule has 0 aromatic heterocycles. The number of carbonyl (C=O) groups is 1. The number of unbranched alkanes of at least 4 members (excludes halogenated alkanes) is 13. The highest BCUT2D eigenvalue weighted by molar-refractivity contribution is 6.01. The van der Waals surface area contributed by atoms with Gasteiger partial charge in [0.05, 0.1) is 18.9 Å². The number of nitrogens with zero attached hydrogens (tertiary/aromatic N) is 1. The van der Waals surface area contributed by atoms with E-state index < -0.39 is 0 Å². The second-order valence-corrected chi connectivity index (χ2v) is 16.4. The summed E-state index contributed by atoms with van der Waals surface area (Å²) in [7, 11) is 0. The third kappa shape index (κ3) is 15.5. The van der Waals surface area contributed by atoms with Gasteiger partial charge in [-0.2, -0.15) is 0 Å². The molecule has 0 fully saturated rings. The van der Waals surface area contributed by atoms with E-state index in [0.29, 0.717) is 42.7 Å². The highest BCUT2D eigenvalue weighted by Gasteiger charge is 2.26. The van der Waals surface area contributed by atoms with Gasteiger partial charge in [0.1, 0.15) is 5.75 Å². The van der Waals surface area contributed by atoms with Crippen molar-refractivity contribution in [1.82, 2.24) is 0 Å². The first-order valence-electron chi connectivity index (χ1n) is 20.2. The summed E-state index contributed by atoms with van der Waals surface area (Å²) in [6, 6.07) is 7.81. The Labute approximate surface area is 312 Å². The van der Waals surface area contributed by atoms with Gasteiger partial charge in [0.2, 0.25) is 11.7 Å². The SMILES string of the molecule is C=CC(=O)N(CCCCc1cc(C(C)(C)C)c(O)c(C(C)(C)C)c1)c1cc(OCCCCCCCCC)c(O)c(OCCCCCCCCC)c1. The molecule has 0 aliphatic heterocycles. The lowest BCUT2D eigenvalue weighted by atomic mass is 9.78. The van der Waals surface area contributed by atoms with Gasteiger partial charge in [-0.25, -0.2) is 0 Å². The number of aryl methyl sites for hydroxylation is 1. The Morgan fingerprint density at radius 1 is 0.647 bits per heavy atom. The van der Waals surface area contributed by atoms with Gasteiger partial charge in [-0.15, -0.1) is 0 Å². The zero-order valence-electron chi connectivity index (χ0n) is 33.8. The molecule has 0 saturated carbocycles. The van der Waals surface area contributed by atoms with Crippen LogP contribution in [0.4, 0.5) is 5.69 Å². The maximum absolute atomic E-state index is 13.3. The smallest absolute Gasteiger partial charge is 0.250 e. The fraction of sp³-hybridized carbons (Fsp3) is 0.667. The molecule has 2 aromatic carbocycles. The Bertz CT molecular complexity index is 1240. The lowest BCUT2D eigenvalue weighted by Crippen LogP contribution is -2.30. The summed E-state index contributed by atoms with van der Waals surface area (Å²) in [6.45, 7) is 22.5. The Balaban J connectivity index is 2.21. The fourth-order valence-corrected chi connectivity index (χ4v) is 6.48. The van der Waals surface area contributed by atoms with E-state index in [1.807, 2.05) is 0 Å². The van der Waals surface area contributed by atoms with Crippen LogP contribution in [0.3, 0.4) is 0 Å². The van der Waals surface area contributed by atoms with Crippen LogP contribution in [0.2, 0.25) is 0 Å². The second kappa shape index (κ2) is 22.7. The molecule has 0 aliphatic carbocycles. The number of ether oxygens (including phenoxy) is 2. The Hall–Kier alpha value is -3.15. The van der Waals surface area contributed by atoms with Crippen molar-refractivity contribution in [3.05, 3.63) is 53.6 Å². The van der Waals surface area contributed by atoms with Gasteiger partial charge in [-0.1, -0.05) is 151 Å². The molecular weight excluding hydrogens is 634 g/mol. The molecule has 2 aromatic rings. The molecule has 2 rings (SSSR count). The minimum absolute atomic E-state index is 0.00715. The quantitative estimate of drug-likeness (QED) is 0.0793. The zero-order valence-corrected chi connectivity index (χ0v) is 33.8. The molecule has 0 spiro atoms. The molecule has 2 N–H and O–H groups in total. The van der Waals surface area contributed by atoms with E-state index >= 15 is 0 Å². The standard InChI is InChI=1S/C45H73NO5/c1-10-13-15-17-19-21-25-29-50-39-33-36(34-40(43(39)49)51-30-26-22-20-18-16-14-11-2)46(41(47)12-3)28-24-23-27-35-31-37(44(4,5)6)42(48)38(32-35)45(7,8)9/h12,31-34,48-49H,3,10-11,13-30H2,1-2,4-9H3. The monoisotopic (exact) mass is 708 g/mol. The van der Waals surface area contributed by atoms with Crippen LogP contribution < -0.4 is 14.4 Å². The van der Waals surface area contributed by atoms with E-state index in [1.165, 1.54) is 75.8 Å². The predicted molar refractivity (Wildman–Crippen MR) is 216 cm³/mol. The van der Waals surface area contributed by atoms with Crippen molar-refractivity contribution >= 4 is 11.6 Å². The summed E-state index contributed by atoms with van der Waals surface area (Å²) >= 11 is 0. The lowest BCUT2D eigenvalue weighted by Gasteiger charge is -2.28. The number of carbonyl (C=O) groups excluding carboxylic acids is 1. The van der Waals surface area contributed by atoms with Crippen LogP contribution in [0, 0.1) is 0 Å². The second-order valence-electron chi connectivity index (χ2n) is 16.4. The molecular formula is C45H73NO5. The molecule has 6 heteroatoms. The molecule has 0 radical (unpaired) electrons. The van der Waals surface area contributed by atoms with E-state index in [9.17, 15) is 15.0 Å². The summed E-state index contributed by atoms with van der Waals surface area (Å²) in [5.74, 6) is 0.884. The minimum Gasteiger partial charge on any atom is -0.507 e. The number of rotatable bonds is 25. The van der Waals surface area contributed by atoms with Gasteiger partial charge in [0, 0.05) is 18.7 Å². The number of amides is 1. The van der Waals surface area contributed by atoms with Gasteiger partial charge in [-0.3, -0.25) is 4.79 Å². The van der Waals surface area contributed by atoms with Crippen LogP contribution >= 0.6 is 0 Å². The van der Waals surface area contributed by atoms with Crippen molar-refractivity contribution in [3.63, 3.8) is 0 Å². The molecule has 288 valence electrons. The van der Waals surface area contributed by atoms with E-state index in [2.05, 4.69) is 74.1 Å². The molecule has 0 saturated heterocycles. The number of aromatic hydroxyl groups is 2. The summed E-state index contributed by atoms with van der Waals surface area (Å²) in [6.07, 6.45) is 20.2. The number of phenolic OH excluding ortho intramolecular Hbond substituents is 2. The van der Waals surface area contributed by atoms with Gasteiger partial charge >= 0.3 is 0 Å². The molecule has 1 amide bonds. The number of benzene rings is 2. The number of hydrogen-bond acceptors (Lipinski definition) is 5. The summed E-state index contributed by atoms with van der Waals surface area (Å²) < 4.78 is 12.3. The number of hydrogen-bond donors (Lipinski definition) is 2. The molecule has 0 unspecified atom stereocenters. The Kier molecular flexibility index (Phi) is 19.6. The van der Waals surface area contributed by atoms with Crippen molar-refractivity contribution in [2.45, 2.75) is 175 Å². The van der Waals surface area contributed by atoms with Crippen LogP contribution in [0.25, 0.3) is 0 Å². The average molecular weight is 708 g/mol. The van der Waals surface area contributed by atoms with E-state index in [1.54, 1.807) is 17.0 Å². The summed E-state index contributed by atoms with van der Waals surface area (Å²) in [4.78, 5) is 15.0. The van der Waals surface area contributed by atoms with Crippen LogP contribution in [-0.4, -0.2) is 35.9 Å². The molecule has 0 aliphatic rings. The highest BCUT2D eigenvalue weighted by Crippen LogP contribution is 2.42. The molecule has 0 atom stereocenters.